The molecule has 1 saturated carbocycles. The van der Waals surface area contributed by atoms with Crippen molar-refractivity contribution >= 4 is 34.6 Å². The van der Waals surface area contributed by atoms with Crippen LogP contribution in [0, 0.1) is 0 Å². The van der Waals surface area contributed by atoms with E-state index < -0.39 is 42.2 Å². The number of nitrogens with zero attached hydrogens (tertiary/aromatic N) is 7. The second kappa shape index (κ2) is 6.01. The maximum absolute atomic E-state index is 11.5. The molecule has 152 valence electrons. The normalized spacial score (nSPS) is 31.7. The van der Waals surface area contributed by atoms with Gasteiger partial charge in [-0.3, -0.25) is 4.57 Å². The van der Waals surface area contributed by atoms with E-state index in [1.54, 1.807) is 0 Å². The Labute approximate surface area is 164 Å². The molecular weight excluding hydrogens is 414 g/mol. The van der Waals surface area contributed by atoms with Gasteiger partial charge in [-0.1, -0.05) is 0 Å². The molecule has 0 radical (unpaired) electrons. The molecule has 15 nitrogen and oxygen atoms in total. The number of carboxylic acid groups (broad SMARTS) is 1. The van der Waals surface area contributed by atoms with Crippen molar-refractivity contribution in [3.8, 4) is 0 Å². The molecule has 6 atom stereocenters. The molecule has 1 aliphatic heterocycles. The molecule has 3 aromatic heterocycles. The second-order valence-corrected chi connectivity index (χ2v) is 6.88. The third kappa shape index (κ3) is 2.49. The minimum Gasteiger partial charge on any atom is -0.479 e. The number of rotatable bonds is 5. The van der Waals surface area contributed by atoms with Gasteiger partial charge >= 0.3 is 5.97 Å². The number of hydrogen-bond donors (Lipinski definition) is 5. The summed E-state index contributed by atoms with van der Waals surface area (Å²) in [6, 6.07) is 0. The number of hydrogen-bond acceptors (Lipinski definition) is 12. The molecule has 1 unspecified atom stereocenters. The van der Waals surface area contributed by atoms with Gasteiger partial charge in [0.1, 0.15) is 23.8 Å². The fourth-order valence-electron chi connectivity index (χ4n) is 3.46. The zero-order valence-electron chi connectivity index (χ0n) is 14.1. The van der Waals surface area contributed by atoms with Crippen molar-refractivity contribution in [3.63, 3.8) is 0 Å². The monoisotopic (exact) mass is 425 g/mol. The Morgan fingerprint density at radius 2 is 2.28 bits per heavy atom. The first-order chi connectivity index (χ1) is 13.8. The van der Waals surface area contributed by atoms with Crippen molar-refractivity contribution in [2.24, 2.45) is 0 Å². The third-order valence-corrected chi connectivity index (χ3v) is 5.09. The van der Waals surface area contributed by atoms with Gasteiger partial charge in [0.25, 0.3) is 0 Å². The van der Waals surface area contributed by atoms with Gasteiger partial charge in [0.15, 0.2) is 29.1 Å². The van der Waals surface area contributed by atoms with E-state index in [0.29, 0.717) is 0 Å². The van der Waals surface area contributed by atoms with Crippen molar-refractivity contribution in [2.45, 2.75) is 36.2 Å². The number of nitrogens with two attached hydrogens (primary N) is 1. The molecule has 0 spiro atoms. The van der Waals surface area contributed by atoms with Crippen LogP contribution in [0.25, 0.3) is 11.2 Å². The molecule has 1 aliphatic carbocycles. The van der Waals surface area contributed by atoms with Crippen molar-refractivity contribution in [1.29, 1.82) is 0 Å². The van der Waals surface area contributed by atoms with Gasteiger partial charge in [0.05, 0.1) is 6.33 Å². The molecular formula is C13H12ClN9O6. The first-order valence-corrected chi connectivity index (χ1v) is 8.53. The van der Waals surface area contributed by atoms with E-state index >= 15 is 0 Å². The average Bonchev–Trinajstić information content (AvgIpc) is 3.14. The van der Waals surface area contributed by atoms with E-state index in [2.05, 4.69) is 35.6 Å². The van der Waals surface area contributed by atoms with Gasteiger partial charge in [-0.05, 0) is 22.0 Å². The Hall–Kier alpha value is -2.98. The van der Waals surface area contributed by atoms with Crippen LogP contribution in [0.4, 0.5) is 5.82 Å². The van der Waals surface area contributed by atoms with Crippen LogP contribution in [-0.4, -0.2) is 85.3 Å². The molecule has 1 saturated heterocycles. The number of aromatic amines is 1. The third-order valence-electron chi connectivity index (χ3n) is 4.92. The summed E-state index contributed by atoms with van der Waals surface area (Å²) < 4.78 is 12.4. The summed E-state index contributed by atoms with van der Waals surface area (Å²) >= 11 is 5.83. The predicted molar refractivity (Wildman–Crippen MR) is 89.0 cm³/mol. The zero-order chi connectivity index (χ0) is 20.5. The number of nitrogens with one attached hydrogen (secondary N) is 1. The number of aliphatic hydroxyl groups excluding tert-OH is 1. The second-order valence-electron chi connectivity index (χ2n) is 6.54. The van der Waals surface area contributed by atoms with Crippen LogP contribution in [0.2, 0.25) is 5.28 Å². The van der Waals surface area contributed by atoms with Crippen molar-refractivity contribution in [1.82, 2.24) is 40.1 Å². The molecule has 16 heteroatoms. The first-order valence-electron chi connectivity index (χ1n) is 8.15. The molecule has 0 aromatic carbocycles. The molecule has 5 rings (SSSR count). The van der Waals surface area contributed by atoms with Crippen LogP contribution < -0.4 is 5.73 Å². The lowest BCUT2D eigenvalue weighted by atomic mass is 10.1. The molecule has 2 fully saturated rings. The van der Waals surface area contributed by atoms with Gasteiger partial charge in [0, 0.05) is 0 Å². The topological polar surface area (TPSA) is 220 Å². The quantitative estimate of drug-likeness (QED) is 0.274. The van der Waals surface area contributed by atoms with Gasteiger partial charge in [-0.15, -0.1) is 5.10 Å². The summed E-state index contributed by atoms with van der Waals surface area (Å²) in [7, 11) is 0. The number of carboxylic acids is 1. The predicted octanol–water partition coefficient (Wildman–Crippen LogP) is -2.21. The van der Waals surface area contributed by atoms with Crippen LogP contribution in [0.1, 0.15) is 18.2 Å². The number of aromatic nitrogens is 8. The fourth-order valence-corrected chi connectivity index (χ4v) is 3.63. The summed E-state index contributed by atoms with van der Waals surface area (Å²) in [5, 5.41) is 43.1. The van der Waals surface area contributed by atoms with E-state index in [4.69, 9.17) is 26.8 Å². The Bertz CT molecular complexity index is 1110. The number of halogens is 1. The summed E-state index contributed by atoms with van der Waals surface area (Å²) in [6.07, 6.45) is -4.99. The molecule has 29 heavy (non-hydrogen) atoms. The maximum Gasteiger partial charge on any atom is 0.340 e. The standard InChI is InChI=1S/C13H12ClN9O6/c14-12-17-7(15)2-9(18-12)23(1-16-2)10-4(24)13(27)5(6(13)29-10)28-3(11(25)26)8-19-21-22-20-8/h1,3-6,10,24,27H,(H,25,26)(H2,15,17,18)(H,19,20,21,22)/t3-,4+,5?,6-,10-,13-/m1/s1. The number of imidazole rings is 1. The number of nitrogen functional groups attached to an aromatic ring is 1. The van der Waals surface area contributed by atoms with Crippen molar-refractivity contribution in [2.75, 3.05) is 5.73 Å². The lowest BCUT2D eigenvalue weighted by Crippen LogP contribution is -2.38. The Kier molecular flexibility index (Phi) is 3.74. The SMILES string of the molecule is Nc1nc(Cl)nc2c1ncn2[C@@H]1O[C@@H]2C(O[C@@H](C(=O)O)c3nnn[nH]3)[C@]2(O)[C@H]1O. The van der Waals surface area contributed by atoms with Gasteiger partial charge in [-0.2, -0.15) is 9.97 Å². The number of aliphatic hydroxyl groups is 2. The first kappa shape index (κ1) is 18.1. The molecule has 3 aromatic rings. The number of H-pyrrole nitrogens is 1. The van der Waals surface area contributed by atoms with E-state index in [-0.39, 0.29) is 28.1 Å². The van der Waals surface area contributed by atoms with Crippen LogP contribution in [0.3, 0.4) is 0 Å². The highest BCUT2D eigenvalue weighted by atomic mass is 35.5. The number of carbonyl (C=O) groups is 1. The van der Waals surface area contributed by atoms with E-state index in [9.17, 15) is 20.1 Å². The highest BCUT2D eigenvalue weighted by molar-refractivity contribution is 6.28. The van der Waals surface area contributed by atoms with Crippen molar-refractivity contribution in [3.05, 3.63) is 17.4 Å². The van der Waals surface area contributed by atoms with E-state index in [1.165, 1.54) is 10.9 Å². The number of aliphatic carboxylic acids is 1. The fraction of sp³-hybridized carbons (Fsp3) is 0.462. The number of anilines is 1. The van der Waals surface area contributed by atoms with Crippen LogP contribution in [0.5, 0.6) is 0 Å². The zero-order valence-corrected chi connectivity index (χ0v) is 14.9. The van der Waals surface area contributed by atoms with Gasteiger partial charge in [-0.25, -0.2) is 14.9 Å². The average molecular weight is 426 g/mol. The summed E-state index contributed by atoms with van der Waals surface area (Å²) in [5.41, 5.74) is 4.35. The van der Waals surface area contributed by atoms with E-state index in [0.717, 1.165) is 0 Å². The number of fused-ring (bicyclic) bond motifs is 2. The summed E-state index contributed by atoms with van der Waals surface area (Å²) in [6.45, 7) is 0. The minimum atomic E-state index is -1.86. The number of ether oxygens (including phenoxy) is 2. The van der Waals surface area contributed by atoms with Crippen LogP contribution in [0.15, 0.2) is 6.33 Å². The smallest absolute Gasteiger partial charge is 0.340 e. The minimum absolute atomic E-state index is 0.0429. The lowest BCUT2D eigenvalue weighted by molar-refractivity contribution is -0.162. The van der Waals surface area contributed by atoms with Crippen LogP contribution >= 0.6 is 11.6 Å². The van der Waals surface area contributed by atoms with E-state index in [1.807, 2.05) is 0 Å². The summed E-state index contributed by atoms with van der Waals surface area (Å²) in [4.78, 5) is 23.3. The Balaban J connectivity index is 1.40. The molecule has 4 heterocycles. The van der Waals surface area contributed by atoms with Gasteiger partial charge < -0.3 is 30.5 Å². The highest BCUT2D eigenvalue weighted by Gasteiger charge is 2.78. The maximum atomic E-state index is 11.5. The Morgan fingerprint density at radius 1 is 1.48 bits per heavy atom. The molecule has 6 N–H and O–H groups in total. The Morgan fingerprint density at radius 3 is 2.90 bits per heavy atom. The highest BCUT2D eigenvalue weighted by Crippen LogP contribution is 2.56. The molecule has 0 amide bonds. The van der Waals surface area contributed by atoms with Gasteiger partial charge in [0.2, 0.25) is 11.4 Å². The van der Waals surface area contributed by atoms with Crippen molar-refractivity contribution < 1.29 is 29.6 Å². The number of tetrazole rings is 1. The summed E-state index contributed by atoms with van der Waals surface area (Å²) in [5.74, 6) is -1.51. The lowest BCUT2D eigenvalue weighted by Gasteiger charge is -2.24. The largest absolute Gasteiger partial charge is 0.479 e. The molecule has 2 aliphatic rings. The molecule has 0 bridgehead atoms. The van der Waals surface area contributed by atoms with Crippen LogP contribution in [-0.2, 0) is 14.3 Å².